The van der Waals surface area contributed by atoms with Gasteiger partial charge in [0.25, 0.3) is 0 Å². The van der Waals surface area contributed by atoms with E-state index in [2.05, 4.69) is 15.0 Å². The summed E-state index contributed by atoms with van der Waals surface area (Å²) >= 11 is 5.72. The second kappa shape index (κ2) is 5.55. The monoisotopic (exact) mass is 262 g/mol. The van der Waals surface area contributed by atoms with Crippen LogP contribution in [0.2, 0.25) is 5.15 Å². The van der Waals surface area contributed by atoms with Gasteiger partial charge in [0.05, 0.1) is 6.54 Å². The standard InChI is InChI=1S/C12H11ClN4O/c1-9(18)16-12-14-5-2-6-17(12)8-10-3-4-11(13)15-7-10/h2-7H,8H2,1H3. The number of pyridine rings is 1. The molecule has 92 valence electrons. The van der Waals surface area contributed by atoms with Gasteiger partial charge in [-0.15, -0.1) is 0 Å². The molecule has 0 saturated heterocycles. The van der Waals surface area contributed by atoms with Gasteiger partial charge in [-0.05, 0) is 17.7 Å². The van der Waals surface area contributed by atoms with Crippen LogP contribution in [-0.4, -0.2) is 20.4 Å². The van der Waals surface area contributed by atoms with Crippen molar-refractivity contribution < 1.29 is 4.79 Å². The number of aromatic nitrogens is 3. The first-order valence-electron chi connectivity index (χ1n) is 5.32. The van der Waals surface area contributed by atoms with Gasteiger partial charge >= 0.3 is 0 Å². The van der Waals surface area contributed by atoms with E-state index in [1.165, 1.54) is 6.92 Å². The number of halogens is 1. The summed E-state index contributed by atoms with van der Waals surface area (Å²) in [5, 5.41) is 0.448. The third-order valence-electron chi connectivity index (χ3n) is 2.20. The molecule has 0 aromatic carbocycles. The van der Waals surface area contributed by atoms with Gasteiger partial charge in [0.1, 0.15) is 5.15 Å². The van der Waals surface area contributed by atoms with Gasteiger partial charge in [0.2, 0.25) is 11.5 Å². The summed E-state index contributed by atoms with van der Waals surface area (Å²) in [5.41, 5.74) is 1.33. The molecule has 0 aliphatic rings. The predicted molar refractivity (Wildman–Crippen MR) is 66.8 cm³/mol. The highest BCUT2D eigenvalue weighted by Gasteiger charge is 1.99. The minimum Gasteiger partial charge on any atom is -0.313 e. The Labute approximate surface area is 109 Å². The van der Waals surface area contributed by atoms with E-state index >= 15 is 0 Å². The summed E-state index contributed by atoms with van der Waals surface area (Å²) in [6.45, 7) is 1.92. The number of rotatable bonds is 2. The first-order valence-corrected chi connectivity index (χ1v) is 5.70. The maximum Gasteiger partial charge on any atom is 0.245 e. The fourth-order valence-electron chi connectivity index (χ4n) is 1.45. The zero-order valence-electron chi connectivity index (χ0n) is 9.75. The van der Waals surface area contributed by atoms with Crippen LogP contribution < -0.4 is 5.62 Å². The van der Waals surface area contributed by atoms with Crippen molar-refractivity contribution >= 4 is 17.5 Å². The van der Waals surface area contributed by atoms with Crippen LogP contribution in [0.3, 0.4) is 0 Å². The fraction of sp³-hybridized carbons (Fsp3) is 0.167. The molecule has 0 fully saturated rings. The van der Waals surface area contributed by atoms with Crippen molar-refractivity contribution in [1.29, 1.82) is 0 Å². The molecule has 2 heterocycles. The molecule has 18 heavy (non-hydrogen) atoms. The average Bonchev–Trinajstić information content (AvgIpc) is 2.34. The average molecular weight is 263 g/mol. The number of hydrogen-bond donors (Lipinski definition) is 0. The Morgan fingerprint density at radius 3 is 2.94 bits per heavy atom. The number of nitrogens with zero attached hydrogens (tertiary/aromatic N) is 4. The maximum atomic E-state index is 11.0. The molecule has 0 radical (unpaired) electrons. The minimum absolute atomic E-state index is 0.281. The van der Waals surface area contributed by atoms with Crippen LogP contribution in [0.1, 0.15) is 12.5 Å². The molecular weight excluding hydrogens is 252 g/mol. The van der Waals surface area contributed by atoms with Gasteiger partial charge in [0, 0.05) is 25.5 Å². The van der Waals surface area contributed by atoms with Gasteiger partial charge in [0.15, 0.2) is 0 Å². The third-order valence-corrected chi connectivity index (χ3v) is 2.42. The first-order chi connectivity index (χ1) is 8.65. The molecule has 6 heteroatoms. The zero-order chi connectivity index (χ0) is 13.0. The Kier molecular flexibility index (Phi) is 3.84. The third kappa shape index (κ3) is 3.24. The van der Waals surface area contributed by atoms with Crippen LogP contribution in [0.25, 0.3) is 0 Å². The molecule has 0 N–H and O–H groups in total. The van der Waals surface area contributed by atoms with E-state index in [0.717, 1.165) is 5.56 Å². The Balaban J connectivity index is 2.35. The minimum atomic E-state index is -0.281. The number of hydrogen-bond acceptors (Lipinski definition) is 3. The zero-order valence-corrected chi connectivity index (χ0v) is 10.5. The SMILES string of the molecule is CC(=O)N=c1ncccn1Cc1ccc(Cl)nc1. The van der Waals surface area contributed by atoms with E-state index < -0.39 is 0 Å². The smallest absolute Gasteiger partial charge is 0.245 e. The van der Waals surface area contributed by atoms with Gasteiger partial charge in [-0.2, -0.15) is 4.99 Å². The molecule has 5 nitrogen and oxygen atoms in total. The Morgan fingerprint density at radius 1 is 1.44 bits per heavy atom. The van der Waals surface area contributed by atoms with Crippen molar-refractivity contribution in [2.75, 3.05) is 0 Å². The number of carbonyl (C=O) groups excluding carboxylic acids is 1. The molecule has 0 aliphatic heterocycles. The van der Waals surface area contributed by atoms with Crippen molar-refractivity contribution in [3.63, 3.8) is 0 Å². The molecule has 2 aromatic heterocycles. The summed E-state index contributed by atoms with van der Waals surface area (Å²) in [5.74, 6) is -0.281. The number of amides is 1. The van der Waals surface area contributed by atoms with Crippen molar-refractivity contribution in [3.8, 4) is 0 Å². The fourth-order valence-corrected chi connectivity index (χ4v) is 1.56. The summed E-state index contributed by atoms with van der Waals surface area (Å²) < 4.78 is 1.77. The molecule has 0 bridgehead atoms. The summed E-state index contributed by atoms with van der Waals surface area (Å²) in [4.78, 5) is 22.9. The van der Waals surface area contributed by atoms with Crippen molar-refractivity contribution in [1.82, 2.24) is 14.5 Å². The van der Waals surface area contributed by atoms with Crippen molar-refractivity contribution in [3.05, 3.63) is 53.1 Å². The highest BCUT2D eigenvalue weighted by molar-refractivity contribution is 6.29. The van der Waals surface area contributed by atoms with Crippen LogP contribution in [0.15, 0.2) is 41.8 Å². The van der Waals surface area contributed by atoms with Gasteiger partial charge in [-0.3, -0.25) is 4.79 Å². The topological polar surface area (TPSA) is 60.1 Å². The van der Waals surface area contributed by atoms with Crippen LogP contribution in [0.4, 0.5) is 0 Å². The molecule has 0 saturated carbocycles. The largest absolute Gasteiger partial charge is 0.313 e. The molecule has 0 unspecified atom stereocenters. The van der Waals surface area contributed by atoms with Crippen LogP contribution in [-0.2, 0) is 11.3 Å². The van der Waals surface area contributed by atoms with Crippen LogP contribution in [0.5, 0.6) is 0 Å². The summed E-state index contributed by atoms with van der Waals surface area (Å²) in [6.07, 6.45) is 5.08. The number of carbonyl (C=O) groups is 1. The maximum absolute atomic E-state index is 11.0. The Bertz CT molecular complexity index is 618. The summed E-state index contributed by atoms with van der Waals surface area (Å²) in [6, 6.07) is 5.37. The normalized spacial score (nSPS) is 11.6. The van der Waals surface area contributed by atoms with E-state index in [1.807, 2.05) is 12.3 Å². The molecule has 2 aromatic rings. The van der Waals surface area contributed by atoms with E-state index in [-0.39, 0.29) is 5.91 Å². The lowest BCUT2D eigenvalue weighted by molar-refractivity contribution is -0.116. The second-order valence-corrected chi connectivity index (χ2v) is 4.05. The van der Waals surface area contributed by atoms with Crippen LogP contribution >= 0.6 is 11.6 Å². The van der Waals surface area contributed by atoms with Crippen molar-refractivity contribution in [2.45, 2.75) is 13.5 Å². The van der Waals surface area contributed by atoms with Gasteiger partial charge in [-0.1, -0.05) is 17.7 Å². The van der Waals surface area contributed by atoms with E-state index in [1.54, 1.807) is 29.1 Å². The lowest BCUT2D eigenvalue weighted by Gasteiger charge is -2.05. The summed E-state index contributed by atoms with van der Waals surface area (Å²) in [7, 11) is 0. The quantitative estimate of drug-likeness (QED) is 0.769. The second-order valence-electron chi connectivity index (χ2n) is 3.67. The molecule has 0 aliphatic carbocycles. The van der Waals surface area contributed by atoms with E-state index in [9.17, 15) is 4.79 Å². The highest BCUT2D eigenvalue weighted by atomic mass is 35.5. The predicted octanol–water partition coefficient (Wildman–Crippen LogP) is 1.43. The Morgan fingerprint density at radius 2 is 2.28 bits per heavy atom. The van der Waals surface area contributed by atoms with E-state index in [4.69, 9.17) is 11.6 Å². The lowest BCUT2D eigenvalue weighted by atomic mass is 10.3. The van der Waals surface area contributed by atoms with Crippen LogP contribution in [0, 0.1) is 0 Å². The van der Waals surface area contributed by atoms with Crippen molar-refractivity contribution in [2.24, 2.45) is 4.99 Å². The van der Waals surface area contributed by atoms with Gasteiger partial charge in [-0.25, -0.2) is 9.97 Å². The molecule has 1 amide bonds. The van der Waals surface area contributed by atoms with E-state index in [0.29, 0.717) is 17.3 Å². The molecule has 0 spiro atoms. The lowest BCUT2D eigenvalue weighted by Crippen LogP contribution is -2.25. The molecular formula is C12H11ClN4O. The highest BCUT2D eigenvalue weighted by Crippen LogP contribution is 2.05. The van der Waals surface area contributed by atoms with Gasteiger partial charge < -0.3 is 4.57 Å². The first kappa shape index (κ1) is 12.4. The molecule has 2 rings (SSSR count). The Hall–Kier alpha value is -2.01. The molecule has 0 atom stereocenters.